The minimum absolute atomic E-state index is 0.0429. The number of fused-ring (bicyclic) bond motifs is 3. The molecule has 0 aliphatic rings. The summed E-state index contributed by atoms with van der Waals surface area (Å²) in [7, 11) is 0. The van der Waals surface area contributed by atoms with Gasteiger partial charge in [0.25, 0.3) is 6.33 Å². The van der Waals surface area contributed by atoms with E-state index < -0.39 is 0 Å². The number of imidazole rings is 1. The van der Waals surface area contributed by atoms with Crippen molar-refractivity contribution in [2.45, 2.75) is 90.9 Å². The second kappa shape index (κ2) is 17.2. The van der Waals surface area contributed by atoms with Crippen molar-refractivity contribution >= 4 is 21.8 Å². The molecule has 5 heteroatoms. The van der Waals surface area contributed by atoms with Crippen molar-refractivity contribution in [2.24, 2.45) is 0 Å². The minimum Gasteiger partial charge on any atom is -0.458 e. The van der Waals surface area contributed by atoms with Crippen LogP contribution in [0.1, 0.15) is 103 Å². The third-order valence-corrected chi connectivity index (χ3v) is 14.1. The average molecular weight is 903 g/mol. The van der Waals surface area contributed by atoms with E-state index in [-0.39, 0.29) is 21.7 Å². The van der Waals surface area contributed by atoms with Gasteiger partial charge in [-0.3, -0.25) is 13.7 Å². The van der Waals surface area contributed by atoms with E-state index in [4.69, 9.17) is 9.72 Å². The minimum atomic E-state index is -0.369. The lowest BCUT2D eigenvalue weighted by Gasteiger charge is -2.29. The van der Waals surface area contributed by atoms with E-state index >= 15 is 0 Å². The molecule has 0 N–H and O–H groups in total. The topological polar surface area (TPSA) is 35.9 Å². The highest BCUT2D eigenvalue weighted by molar-refractivity contribution is 6.10. The maximum atomic E-state index is 7.03. The summed E-state index contributed by atoms with van der Waals surface area (Å²) in [4.78, 5) is 4.99. The number of benzene rings is 7. The Labute approximate surface area is 408 Å². The van der Waals surface area contributed by atoms with Gasteiger partial charge in [0, 0.05) is 40.1 Å². The van der Waals surface area contributed by atoms with E-state index in [9.17, 15) is 0 Å². The van der Waals surface area contributed by atoms with Gasteiger partial charge in [-0.1, -0.05) is 178 Å². The van der Waals surface area contributed by atoms with E-state index in [0.717, 1.165) is 61.8 Å². The highest BCUT2D eigenvalue weighted by Gasteiger charge is 2.30. The molecule has 0 saturated carbocycles. The van der Waals surface area contributed by atoms with Gasteiger partial charge >= 0.3 is 0 Å². The molecule has 10 aromatic rings. The number of nitrogens with zero attached hydrogens (tertiary/aromatic N) is 4. The molecular weight excluding hydrogens is 841 g/mol. The zero-order valence-corrected chi connectivity index (χ0v) is 41.7. The van der Waals surface area contributed by atoms with Crippen LogP contribution in [-0.4, -0.2) is 14.1 Å². The molecule has 0 aliphatic carbocycles. The fourth-order valence-corrected chi connectivity index (χ4v) is 9.68. The Balaban J connectivity index is 1.11. The van der Waals surface area contributed by atoms with Crippen molar-refractivity contribution in [3.05, 3.63) is 234 Å². The smallest absolute Gasteiger partial charge is 0.269 e. The summed E-state index contributed by atoms with van der Waals surface area (Å²) >= 11 is 0. The van der Waals surface area contributed by atoms with E-state index in [1.165, 1.54) is 33.4 Å². The van der Waals surface area contributed by atoms with Crippen LogP contribution in [-0.2, 0) is 21.7 Å². The predicted molar refractivity (Wildman–Crippen MR) is 285 cm³/mol. The van der Waals surface area contributed by atoms with E-state index in [2.05, 4.69) is 277 Å². The zero-order chi connectivity index (χ0) is 48.3. The van der Waals surface area contributed by atoms with Crippen LogP contribution >= 0.6 is 0 Å². The monoisotopic (exact) mass is 902 g/mol. The van der Waals surface area contributed by atoms with Crippen LogP contribution in [0.2, 0.25) is 0 Å². The molecule has 0 saturated heterocycles. The van der Waals surface area contributed by atoms with Crippen molar-refractivity contribution in [1.82, 2.24) is 14.1 Å². The highest BCUT2D eigenvalue weighted by atomic mass is 16.5. The molecule has 0 radical (unpaired) electrons. The normalized spacial score (nSPS) is 12.5. The Morgan fingerprint density at radius 2 is 1.12 bits per heavy atom. The fourth-order valence-electron chi connectivity index (χ4n) is 9.68. The molecule has 0 atom stereocenters. The first-order valence-electron chi connectivity index (χ1n) is 24.2. The first-order valence-corrected chi connectivity index (χ1v) is 24.2. The van der Waals surface area contributed by atoms with Gasteiger partial charge in [-0.25, -0.2) is 4.98 Å². The third kappa shape index (κ3) is 8.67. The molecule has 10 rings (SSSR count). The number of hydrogen-bond donors (Lipinski definition) is 0. The number of ether oxygens (including phenoxy) is 1. The van der Waals surface area contributed by atoms with Gasteiger partial charge in [-0.2, -0.15) is 0 Å². The van der Waals surface area contributed by atoms with Crippen LogP contribution in [0.3, 0.4) is 0 Å². The van der Waals surface area contributed by atoms with Crippen molar-refractivity contribution < 1.29 is 9.30 Å². The van der Waals surface area contributed by atoms with Crippen LogP contribution in [0.25, 0.3) is 50.1 Å². The maximum absolute atomic E-state index is 7.03. The fraction of sp³-hybridized carbons (Fsp3) is 0.219. The largest absolute Gasteiger partial charge is 0.458 e. The summed E-state index contributed by atoms with van der Waals surface area (Å²) in [6.07, 6.45) is 8.03. The molecule has 3 aromatic heterocycles. The quantitative estimate of drug-likeness (QED) is 0.101. The first kappa shape index (κ1) is 45.3. The first-order chi connectivity index (χ1) is 32.9. The summed E-state index contributed by atoms with van der Waals surface area (Å²) in [5, 5.41) is 2.30. The molecule has 5 nitrogen and oxygen atoms in total. The lowest BCUT2D eigenvalue weighted by Crippen LogP contribution is -2.40. The van der Waals surface area contributed by atoms with Gasteiger partial charge in [0.1, 0.15) is 17.3 Å². The van der Waals surface area contributed by atoms with Crippen molar-refractivity contribution in [3.8, 4) is 39.8 Å². The predicted octanol–water partition coefficient (Wildman–Crippen LogP) is 15.8. The van der Waals surface area contributed by atoms with Gasteiger partial charge in [0.05, 0.1) is 28.1 Å². The number of hydrogen-bond acceptors (Lipinski definition) is 2. The lowest BCUT2D eigenvalue weighted by atomic mass is 9.78. The lowest BCUT2D eigenvalue weighted by molar-refractivity contribution is -0.611. The molecule has 0 spiro atoms. The van der Waals surface area contributed by atoms with Gasteiger partial charge in [-0.05, 0) is 117 Å². The second-order valence-corrected chi connectivity index (χ2v) is 21.7. The Kier molecular flexibility index (Phi) is 11.3. The van der Waals surface area contributed by atoms with Crippen LogP contribution < -0.4 is 9.30 Å². The number of pyridine rings is 1. The molecule has 0 bridgehead atoms. The van der Waals surface area contributed by atoms with E-state index in [1.54, 1.807) is 0 Å². The Hall–Kier alpha value is -7.50. The van der Waals surface area contributed by atoms with Crippen LogP contribution in [0.4, 0.5) is 0 Å². The SMILES string of the molecule is CC(C)(C)c1cc(Oc2ccc3c4cc(-c5ccccc5)ccc4n(-c4cc(C(C)(C)C)ccn4)c3c2)cc(-n2[c-][n+](-c3cccc(C(C)(C)c4ccccc4)c3)c(C(C)(C)c3ccccc3)c2)c1. The summed E-state index contributed by atoms with van der Waals surface area (Å²) in [6, 6.07) is 65.3. The maximum Gasteiger partial charge on any atom is 0.269 e. The Morgan fingerprint density at radius 3 is 1.80 bits per heavy atom. The van der Waals surface area contributed by atoms with Crippen molar-refractivity contribution in [1.29, 1.82) is 0 Å². The average Bonchev–Trinajstić information content (AvgIpc) is 3.95. The zero-order valence-electron chi connectivity index (χ0n) is 41.7. The van der Waals surface area contributed by atoms with E-state index in [0.29, 0.717) is 0 Å². The summed E-state index contributed by atoms with van der Waals surface area (Å²) in [5.74, 6) is 2.38. The molecule has 0 amide bonds. The molecule has 0 aliphatic heterocycles. The number of rotatable bonds is 10. The van der Waals surface area contributed by atoms with Gasteiger partial charge < -0.3 is 4.74 Å². The second-order valence-electron chi connectivity index (χ2n) is 21.7. The van der Waals surface area contributed by atoms with Gasteiger partial charge in [0.2, 0.25) is 0 Å². The van der Waals surface area contributed by atoms with Crippen molar-refractivity contribution in [3.63, 3.8) is 0 Å². The summed E-state index contributed by atoms with van der Waals surface area (Å²) < 4.78 is 13.7. The highest BCUT2D eigenvalue weighted by Crippen LogP contribution is 2.40. The number of aromatic nitrogens is 4. The van der Waals surface area contributed by atoms with Crippen LogP contribution in [0.15, 0.2) is 194 Å². The Morgan fingerprint density at radius 1 is 0.464 bits per heavy atom. The standard InChI is InChI=1S/C64H62N4O/c1-61(2,3)48-33-34-65-60(39-48)68-57-32-29-45(44-21-14-11-15-22-44)35-56(57)55-31-30-53(41-58(55)68)69-54-38-50(62(4,5)6)37-52(40-54)66-42-59(64(9,10)47-25-18-13-19-26-47)67(43-66)51-28-20-27-49(36-51)63(7,8)46-23-16-12-17-24-46/h11-42H,1-10H3. The van der Waals surface area contributed by atoms with Gasteiger partial charge in [0.15, 0.2) is 0 Å². The molecule has 344 valence electrons. The molecule has 0 fully saturated rings. The summed E-state index contributed by atoms with van der Waals surface area (Å²) in [6.45, 7) is 22.7. The molecule has 7 aromatic carbocycles. The molecule has 69 heavy (non-hydrogen) atoms. The van der Waals surface area contributed by atoms with Crippen LogP contribution in [0.5, 0.6) is 11.5 Å². The van der Waals surface area contributed by atoms with E-state index in [1.807, 2.05) is 6.20 Å². The van der Waals surface area contributed by atoms with Crippen molar-refractivity contribution in [2.75, 3.05) is 0 Å². The molecule has 0 unspecified atom stereocenters. The molecule has 3 heterocycles. The van der Waals surface area contributed by atoms with Crippen LogP contribution in [0, 0.1) is 6.33 Å². The molecular formula is C64H62N4O. The summed E-state index contributed by atoms with van der Waals surface area (Å²) in [5.41, 5.74) is 12.9. The third-order valence-electron chi connectivity index (χ3n) is 14.1. The van der Waals surface area contributed by atoms with Gasteiger partial charge in [-0.15, -0.1) is 0 Å². The Bertz CT molecular complexity index is 3470.